The third kappa shape index (κ3) is 5.61. The van der Waals surface area contributed by atoms with Crippen LogP contribution in [-0.4, -0.2) is 26.2 Å². The van der Waals surface area contributed by atoms with Crippen LogP contribution in [0, 0.1) is 5.92 Å². The van der Waals surface area contributed by atoms with Gasteiger partial charge in [0.1, 0.15) is 0 Å². The van der Waals surface area contributed by atoms with Crippen LogP contribution in [0.3, 0.4) is 0 Å². The number of hydrogen-bond acceptors (Lipinski definition) is 2. The van der Waals surface area contributed by atoms with E-state index in [1.165, 1.54) is 51.6 Å². The molecular weight excluding hydrogens is 172 g/mol. The molecule has 1 heterocycles. The molecule has 0 radical (unpaired) electrons. The third-order valence-corrected chi connectivity index (χ3v) is 3.09. The first-order valence-corrected chi connectivity index (χ1v) is 6.35. The quantitative estimate of drug-likeness (QED) is 0.676. The molecule has 0 unspecified atom stereocenters. The highest BCUT2D eigenvalue weighted by Crippen LogP contribution is 2.15. The van der Waals surface area contributed by atoms with E-state index in [1.807, 2.05) is 0 Å². The van der Waals surface area contributed by atoms with Crippen LogP contribution in [0.2, 0.25) is 0 Å². The highest BCUT2D eigenvalue weighted by Gasteiger charge is 2.09. The summed E-state index contributed by atoms with van der Waals surface area (Å²) >= 11 is 0. The van der Waals surface area contributed by atoms with E-state index >= 15 is 0 Å². The SMILES string of the molecule is CCCCC[C@@H]1CCCNCCNC1. The molecule has 84 valence electrons. The Morgan fingerprint density at radius 3 is 2.79 bits per heavy atom. The van der Waals surface area contributed by atoms with Crippen molar-refractivity contribution in [1.82, 2.24) is 10.6 Å². The summed E-state index contributed by atoms with van der Waals surface area (Å²) in [5.74, 6) is 0.932. The van der Waals surface area contributed by atoms with Gasteiger partial charge in [-0.05, 0) is 38.3 Å². The van der Waals surface area contributed by atoms with Gasteiger partial charge in [-0.2, -0.15) is 0 Å². The first-order valence-electron chi connectivity index (χ1n) is 6.35. The Balaban J connectivity index is 2.12. The van der Waals surface area contributed by atoms with E-state index in [4.69, 9.17) is 0 Å². The van der Waals surface area contributed by atoms with Crippen molar-refractivity contribution in [1.29, 1.82) is 0 Å². The summed E-state index contributed by atoms with van der Waals surface area (Å²) in [6.45, 7) is 7.02. The molecule has 0 bridgehead atoms. The van der Waals surface area contributed by atoms with Crippen LogP contribution in [0.5, 0.6) is 0 Å². The zero-order valence-corrected chi connectivity index (χ0v) is 9.65. The van der Waals surface area contributed by atoms with Gasteiger partial charge in [0, 0.05) is 13.1 Å². The molecule has 0 aromatic heterocycles. The van der Waals surface area contributed by atoms with Crippen LogP contribution in [0.25, 0.3) is 0 Å². The Hall–Kier alpha value is -0.0800. The molecule has 1 aliphatic heterocycles. The number of rotatable bonds is 4. The van der Waals surface area contributed by atoms with Crippen LogP contribution in [-0.2, 0) is 0 Å². The fraction of sp³-hybridized carbons (Fsp3) is 1.00. The summed E-state index contributed by atoms with van der Waals surface area (Å²) in [6.07, 6.45) is 8.38. The molecule has 0 spiro atoms. The molecule has 2 nitrogen and oxygen atoms in total. The van der Waals surface area contributed by atoms with Gasteiger partial charge in [-0.1, -0.05) is 26.2 Å². The fourth-order valence-corrected chi connectivity index (χ4v) is 2.16. The van der Waals surface area contributed by atoms with Gasteiger partial charge in [0.2, 0.25) is 0 Å². The van der Waals surface area contributed by atoms with Crippen molar-refractivity contribution in [3.63, 3.8) is 0 Å². The maximum atomic E-state index is 3.54. The van der Waals surface area contributed by atoms with Crippen molar-refractivity contribution < 1.29 is 0 Å². The molecule has 1 fully saturated rings. The average molecular weight is 198 g/mol. The molecule has 0 amide bonds. The molecule has 0 aliphatic carbocycles. The van der Waals surface area contributed by atoms with E-state index < -0.39 is 0 Å². The van der Waals surface area contributed by atoms with Gasteiger partial charge in [0.25, 0.3) is 0 Å². The van der Waals surface area contributed by atoms with Crippen LogP contribution < -0.4 is 10.6 Å². The molecule has 2 N–H and O–H groups in total. The topological polar surface area (TPSA) is 24.1 Å². The fourth-order valence-electron chi connectivity index (χ4n) is 2.16. The van der Waals surface area contributed by atoms with Crippen molar-refractivity contribution >= 4 is 0 Å². The van der Waals surface area contributed by atoms with Gasteiger partial charge < -0.3 is 10.6 Å². The second kappa shape index (κ2) is 8.25. The van der Waals surface area contributed by atoms with Crippen molar-refractivity contribution in [3.8, 4) is 0 Å². The van der Waals surface area contributed by atoms with Crippen LogP contribution in [0.15, 0.2) is 0 Å². The molecule has 1 saturated heterocycles. The van der Waals surface area contributed by atoms with Gasteiger partial charge in [-0.15, -0.1) is 0 Å². The van der Waals surface area contributed by atoms with Crippen molar-refractivity contribution in [2.24, 2.45) is 5.92 Å². The molecule has 14 heavy (non-hydrogen) atoms. The zero-order chi connectivity index (χ0) is 10.1. The van der Waals surface area contributed by atoms with Gasteiger partial charge in [0.15, 0.2) is 0 Å². The molecule has 0 saturated carbocycles. The molecule has 1 aliphatic rings. The van der Waals surface area contributed by atoms with E-state index in [2.05, 4.69) is 17.6 Å². The normalized spacial score (nSPS) is 25.1. The summed E-state index contributed by atoms with van der Waals surface area (Å²) < 4.78 is 0. The molecular formula is C12H26N2. The lowest BCUT2D eigenvalue weighted by Gasteiger charge is -2.15. The maximum absolute atomic E-state index is 3.54. The van der Waals surface area contributed by atoms with Crippen LogP contribution in [0.1, 0.15) is 45.4 Å². The summed E-state index contributed by atoms with van der Waals surface area (Å²) in [5, 5.41) is 6.99. The van der Waals surface area contributed by atoms with E-state index in [9.17, 15) is 0 Å². The lowest BCUT2D eigenvalue weighted by molar-refractivity contribution is 0.404. The second-order valence-corrected chi connectivity index (χ2v) is 4.46. The number of unbranched alkanes of at least 4 members (excludes halogenated alkanes) is 2. The highest BCUT2D eigenvalue weighted by atomic mass is 14.9. The van der Waals surface area contributed by atoms with Gasteiger partial charge in [-0.25, -0.2) is 0 Å². The molecule has 0 aromatic rings. The number of hydrogen-bond donors (Lipinski definition) is 2. The van der Waals surface area contributed by atoms with E-state index in [-0.39, 0.29) is 0 Å². The van der Waals surface area contributed by atoms with Crippen molar-refractivity contribution in [2.45, 2.75) is 45.4 Å². The largest absolute Gasteiger partial charge is 0.315 e. The summed E-state index contributed by atoms with van der Waals surface area (Å²) in [7, 11) is 0. The lowest BCUT2D eigenvalue weighted by atomic mass is 9.96. The summed E-state index contributed by atoms with van der Waals surface area (Å²) in [5.41, 5.74) is 0. The lowest BCUT2D eigenvalue weighted by Crippen LogP contribution is -2.28. The van der Waals surface area contributed by atoms with Crippen LogP contribution in [0.4, 0.5) is 0 Å². The standard InChI is InChI=1S/C12H26N2/c1-2-3-4-6-12-7-5-8-13-9-10-14-11-12/h12-14H,2-11H2,1H3/t12-/m1/s1. The smallest absolute Gasteiger partial charge is 0.00768 e. The minimum atomic E-state index is 0.932. The molecule has 2 heteroatoms. The Morgan fingerprint density at radius 2 is 1.93 bits per heavy atom. The minimum absolute atomic E-state index is 0.932. The van der Waals surface area contributed by atoms with Gasteiger partial charge in [-0.3, -0.25) is 0 Å². The Kier molecular flexibility index (Phi) is 7.06. The van der Waals surface area contributed by atoms with E-state index in [0.29, 0.717) is 0 Å². The maximum Gasteiger partial charge on any atom is 0.00768 e. The Labute approximate surface area is 88.8 Å². The average Bonchev–Trinajstić information content (AvgIpc) is 2.32. The highest BCUT2D eigenvalue weighted by molar-refractivity contribution is 4.67. The predicted molar refractivity (Wildman–Crippen MR) is 62.6 cm³/mol. The predicted octanol–water partition coefficient (Wildman–Crippen LogP) is 2.16. The first-order chi connectivity index (χ1) is 6.93. The second-order valence-electron chi connectivity index (χ2n) is 4.46. The van der Waals surface area contributed by atoms with Gasteiger partial charge in [0.05, 0.1) is 0 Å². The molecule has 1 rings (SSSR count). The summed E-state index contributed by atoms with van der Waals surface area (Å²) in [4.78, 5) is 0. The Bertz CT molecular complexity index is 115. The monoisotopic (exact) mass is 198 g/mol. The van der Waals surface area contributed by atoms with Crippen molar-refractivity contribution in [2.75, 3.05) is 26.2 Å². The van der Waals surface area contributed by atoms with Crippen molar-refractivity contribution in [3.05, 3.63) is 0 Å². The first kappa shape index (κ1) is 12.0. The summed E-state index contributed by atoms with van der Waals surface area (Å²) in [6, 6.07) is 0. The minimum Gasteiger partial charge on any atom is -0.315 e. The zero-order valence-electron chi connectivity index (χ0n) is 9.65. The molecule has 1 atom stereocenters. The molecule has 0 aromatic carbocycles. The van der Waals surface area contributed by atoms with E-state index in [0.717, 1.165) is 19.0 Å². The Morgan fingerprint density at radius 1 is 1.07 bits per heavy atom. The van der Waals surface area contributed by atoms with Gasteiger partial charge >= 0.3 is 0 Å². The number of nitrogens with one attached hydrogen (secondary N) is 2. The van der Waals surface area contributed by atoms with E-state index in [1.54, 1.807) is 0 Å². The third-order valence-electron chi connectivity index (χ3n) is 3.09. The van der Waals surface area contributed by atoms with Crippen LogP contribution >= 0.6 is 0 Å².